The van der Waals surface area contributed by atoms with Crippen LogP contribution in [0.25, 0.3) is 0 Å². The molecule has 3 N–H and O–H groups in total. The predicted octanol–water partition coefficient (Wildman–Crippen LogP) is 2.81. The Bertz CT molecular complexity index is 1190. The number of carbonyl (C=O) groups is 2. The van der Waals surface area contributed by atoms with E-state index in [0.717, 1.165) is 11.1 Å². The number of halogens is 1. The van der Waals surface area contributed by atoms with E-state index in [1.54, 1.807) is 11.0 Å². The van der Waals surface area contributed by atoms with Crippen molar-refractivity contribution < 1.29 is 23.8 Å². The molecule has 0 aromatic heterocycles. The fourth-order valence-corrected chi connectivity index (χ4v) is 4.54. The first-order valence-corrected chi connectivity index (χ1v) is 12.4. The average molecular weight is 506 g/mol. The normalized spacial score (nSPS) is 17.2. The van der Waals surface area contributed by atoms with Gasteiger partial charge in [0, 0.05) is 32.6 Å². The number of aliphatic hydroxyl groups excluding tert-OH is 1. The number of benzene rings is 3. The predicted molar refractivity (Wildman–Crippen MR) is 138 cm³/mol. The number of ether oxygens (including phenoxy) is 1. The van der Waals surface area contributed by atoms with Gasteiger partial charge in [-0.15, -0.1) is 0 Å². The Labute approximate surface area is 216 Å². The van der Waals surface area contributed by atoms with Gasteiger partial charge < -0.3 is 25.4 Å². The van der Waals surface area contributed by atoms with E-state index < -0.39 is 24.0 Å². The zero-order valence-corrected chi connectivity index (χ0v) is 20.8. The van der Waals surface area contributed by atoms with Gasteiger partial charge in [0.25, 0.3) is 0 Å². The highest BCUT2D eigenvalue weighted by Crippen LogP contribution is 2.21. The number of piperazine rings is 1. The van der Waals surface area contributed by atoms with Gasteiger partial charge >= 0.3 is 0 Å². The van der Waals surface area contributed by atoms with Crippen LogP contribution in [0.3, 0.4) is 0 Å². The molecule has 1 saturated heterocycles. The molecule has 3 aromatic rings. The summed E-state index contributed by atoms with van der Waals surface area (Å²) in [6.07, 6.45) is -1.11. The van der Waals surface area contributed by atoms with Crippen LogP contribution < -0.4 is 15.4 Å². The molecule has 0 unspecified atom stereocenters. The van der Waals surface area contributed by atoms with Crippen molar-refractivity contribution in [3.63, 3.8) is 0 Å². The molecule has 8 heteroatoms. The molecule has 0 bridgehead atoms. The lowest BCUT2D eigenvalue weighted by molar-refractivity contribution is -0.141. The van der Waals surface area contributed by atoms with Crippen LogP contribution >= 0.6 is 0 Å². The minimum absolute atomic E-state index is 0.115. The van der Waals surface area contributed by atoms with Crippen LogP contribution in [-0.2, 0) is 29.2 Å². The summed E-state index contributed by atoms with van der Waals surface area (Å²) in [6, 6.07) is 21.8. The van der Waals surface area contributed by atoms with Crippen LogP contribution in [-0.4, -0.2) is 53.1 Å². The first-order chi connectivity index (χ1) is 17.9. The van der Waals surface area contributed by atoms with Crippen molar-refractivity contribution in [3.8, 4) is 5.75 Å². The van der Waals surface area contributed by atoms with E-state index in [1.807, 2.05) is 60.7 Å². The minimum atomic E-state index is -1.23. The van der Waals surface area contributed by atoms with Gasteiger partial charge in [-0.2, -0.15) is 0 Å². The zero-order valence-electron chi connectivity index (χ0n) is 20.8. The molecular formula is C29H32FN3O4. The number of aliphatic hydroxyl groups is 1. The number of amides is 2. The summed E-state index contributed by atoms with van der Waals surface area (Å²) in [7, 11) is 0. The molecule has 1 heterocycles. The van der Waals surface area contributed by atoms with Gasteiger partial charge in [0.2, 0.25) is 11.8 Å². The fraction of sp³-hybridized carbons (Fsp3) is 0.310. The number of carbonyl (C=O) groups excluding carboxylic acids is 2. The van der Waals surface area contributed by atoms with Gasteiger partial charge in [0.05, 0.1) is 12.1 Å². The zero-order chi connectivity index (χ0) is 26.2. The highest BCUT2D eigenvalue weighted by atomic mass is 19.1. The van der Waals surface area contributed by atoms with Crippen molar-refractivity contribution in [1.29, 1.82) is 0 Å². The molecule has 4 rings (SSSR count). The molecule has 0 spiro atoms. The van der Waals surface area contributed by atoms with Crippen LogP contribution in [0, 0.1) is 5.82 Å². The van der Waals surface area contributed by atoms with Crippen molar-refractivity contribution in [2.24, 2.45) is 0 Å². The maximum Gasteiger partial charge on any atom is 0.242 e. The lowest BCUT2D eigenvalue weighted by Gasteiger charge is -2.38. The maximum absolute atomic E-state index is 14.4. The van der Waals surface area contributed by atoms with Crippen LogP contribution in [0.1, 0.15) is 23.6 Å². The summed E-state index contributed by atoms with van der Waals surface area (Å²) in [6.45, 7) is 3.07. The second kappa shape index (κ2) is 12.5. The van der Waals surface area contributed by atoms with E-state index in [1.165, 1.54) is 19.1 Å². The summed E-state index contributed by atoms with van der Waals surface area (Å²) in [5, 5.41) is 17.1. The Morgan fingerprint density at radius 3 is 2.43 bits per heavy atom. The molecule has 1 aliphatic rings. The molecule has 0 aliphatic carbocycles. The standard InChI is InChI=1S/C29H32FN3O4/c1-20(34)32-26(16-23-14-24(30)17-25(15-23)37-19-22-10-6-3-7-11-22)28(35)27-29(36)33(13-12-31-27)18-21-8-4-2-5-9-21/h2-11,14-15,17,26-28,31,35H,12-13,16,18-19H2,1H3,(H,32,34)/t26-,27-,28-/m0/s1. The summed E-state index contributed by atoms with van der Waals surface area (Å²) < 4.78 is 20.2. The third-order valence-corrected chi connectivity index (χ3v) is 6.32. The molecule has 37 heavy (non-hydrogen) atoms. The number of hydrogen-bond donors (Lipinski definition) is 3. The monoisotopic (exact) mass is 505 g/mol. The van der Waals surface area contributed by atoms with Gasteiger partial charge in [0.1, 0.15) is 24.2 Å². The third kappa shape index (κ3) is 7.38. The van der Waals surface area contributed by atoms with Crippen molar-refractivity contribution in [2.45, 2.75) is 44.7 Å². The quantitative estimate of drug-likeness (QED) is 0.394. The molecule has 3 aromatic carbocycles. The highest BCUT2D eigenvalue weighted by molar-refractivity contribution is 5.83. The molecule has 2 amide bonds. The molecule has 0 radical (unpaired) electrons. The smallest absolute Gasteiger partial charge is 0.242 e. The van der Waals surface area contributed by atoms with E-state index in [9.17, 15) is 19.1 Å². The number of nitrogens with zero attached hydrogens (tertiary/aromatic N) is 1. The summed E-state index contributed by atoms with van der Waals surface area (Å²) in [4.78, 5) is 26.9. The van der Waals surface area contributed by atoms with Crippen molar-refractivity contribution >= 4 is 11.8 Å². The van der Waals surface area contributed by atoms with E-state index >= 15 is 0 Å². The van der Waals surface area contributed by atoms with E-state index in [4.69, 9.17) is 4.74 Å². The summed E-state index contributed by atoms with van der Waals surface area (Å²) in [5.41, 5.74) is 2.47. The van der Waals surface area contributed by atoms with E-state index in [2.05, 4.69) is 10.6 Å². The molecular weight excluding hydrogens is 473 g/mol. The van der Waals surface area contributed by atoms with Crippen LogP contribution in [0.2, 0.25) is 0 Å². The van der Waals surface area contributed by atoms with Gasteiger partial charge in [-0.05, 0) is 35.2 Å². The summed E-state index contributed by atoms with van der Waals surface area (Å²) in [5.74, 6) is -0.747. The van der Waals surface area contributed by atoms with Crippen LogP contribution in [0.5, 0.6) is 5.75 Å². The average Bonchev–Trinajstić information content (AvgIpc) is 2.89. The maximum atomic E-state index is 14.4. The molecule has 3 atom stereocenters. The Balaban J connectivity index is 1.47. The van der Waals surface area contributed by atoms with Crippen molar-refractivity contribution in [1.82, 2.24) is 15.5 Å². The fourth-order valence-electron chi connectivity index (χ4n) is 4.54. The summed E-state index contributed by atoms with van der Waals surface area (Å²) >= 11 is 0. The second-order valence-electron chi connectivity index (χ2n) is 9.25. The lowest BCUT2D eigenvalue weighted by atomic mass is 9.94. The van der Waals surface area contributed by atoms with Gasteiger partial charge in [-0.25, -0.2) is 4.39 Å². The van der Waals surface area contributed by atoms with Crippen LogP contribution in [0.4, 0.5) is 4.39 Å². The Morgan fingerprint density at radius 1 is 1.08 bits per heavy atom. The number of nitrogens with one attached hydrogen (secondary N) is 2. The SMILES string of the molecule is CC(=O)N[C@@H](Cc1cc(F)cc(OCc2ccccc2)c1)[C@H](O)[C@@H]1NCCN(Cc2ccccc2)C1=O. The largest absolute Gasteiger partial charge is 0.489 e. The first kappa shape index (κ1) is 26.3. The lowest BCUT2D eigenvalue weighted by Crippen LogP contribution is -2.63. The van der Waals surface area contributed by atoms with E-state index in [-0.39, 0.29) is 24.8 Å². The van der Waals surface area contributed by atoms with Gasteiger partial charge in [-0.3, -0.25) is 9.59 Å². The Morgan fingerprint density at radius 2 is 1.76 bits per heavy atom. The molecule has 0 saturated carbocycles. The topological polar surface area (TPSA) is 90.9 Å². The van der Waals surface area contributed by atoms with E-state index in [0.29, 0.717) is 30.9 Å². The molecule has 7 nitrogen and oxygen atoms in total. The molecule has 194 valence electrons. The second-order valence-corrected chi connectivity index (χ2v) is 9.25. The van der Waals surface area contributed by atoms with Gasteiger partial charge in [-0.1, -0.05) is 60.7 Å². The number of rotatable bonds is 10. The van der Waals surface area contributed by atoms with Crippen LogP contribution in [0.15, 0.2) is 78.9 Å². The number of hydrogen-bond acceptors (Lipinski definition) is 5. The van der Waals surface area contributed by atoms with Crippen molar-refractivity contribution in [3.05, 3.63) is 101 Å². The first-order valence-electron chi connectivity index (χ1n) is 12.4. The Kier molecular flexibility index (Phi) is 8.87. The van der Waals surface area contributed by atoms with Crippen molar-refractivity contribution in [2.75, 3.05) is 13.1 Å². The molecule has 1 fully saturated rings. The Hall–Kier alpha value is -3.75. The highest BCUT2D eigenvalue weighted by Gasteiger charge is 2.38. The third-order valence-electron chi connectivity index (χ3n) is 6.32. The minimum Gasteiger partial charge on any atom is -0.489 e. The molecule has 1 aliphatic heterocycles. The van der Waals surface area contributed by atoms with Gasteiger partial charge in [0.15, 0.2) is 0 Å².